The van der Waals surface area contributed by atoms with Crippen LogP contribution in [0.1, 0.15) is 22.5 Å². The lowest BCUT2D eigenvalue weighted by molar-refractivity contribution is -0.120. The molecule has 2 aliphatic heterocycles. The van der Waals surface area contributed by atoms with Crippen LogP contribution in [-0.2, 0) is 11.3 Å². The van der Waals surface area contributed by atoms with Crippen LogP contribution in [0.15, 0.2) is 36.5 Å². The molecular weight excluding hydrogens is 369 g/mol. The summed E-state index contributed by atoms with van der Waals surface area (Å²) >= 11 is 0. The third-order valence-corrected chi connectivity index (χ3v) is 4.77. The van der Waals surface area contributed by atoms with E-state index in [2.05, 4.69) is 10.3 Å². The molecule has 1 fully saturated rings. The first kappa shape index (κ1) is 18.2. The fourth-order valence-electron chi connectivity index (χ4n) is 3.41. The van der Waals surface area contributed by atoms with Gasteiger partial charge < -0.3 is 19.9 Å². The molecule has 1 aromatic carbocycles. The van der Waals surface area contributed by atoms with Crippen LogP contribution >= 0.6 is 0 Å². The van der Waals surface area contributed by atoms with Gasteiger partial charge in [0, 0.05) is 37.5 Å². The minimum absolute atomic E-state index is 0.0748. The number of carbonyl (C=O) groups excluding carboxylic acids is 1. The van der Waals surface area contributed by atoms with Gasteiger partial charge in [-0.3, -0.25) is 14.7 Å². The van der Waals surface area contributed by atoms with Crippen molar-refractivity contribution in [3.05, 3.63) is 47.8 Å². The molecule has 0 spiro atoms. The molecule has 4 rings (SSSR count). The van der Waals surface area contributed by atoms with Crippen molar-refractivity contribution in [2.45, 2.75) is 25.2 Å². The molecule has 0 saturated carbocycles. The average Bonchev–Trinajstić information content (AvgIpc) is 3.29. The molecule has 3 heterocycles. The molecule has 2 N–H and O–H groups in total. The number of ether oxygens (including phenoxy) is 2. The molecule has 146 valence electrons. The third kappa shape index (κ3) is 3.61. The highest BCUT2D eigenvalue weighted by Gasteiger charge is 2.38. The maximum atomic E-state index is 14.1. The number of hydrogen-bond donors (Lipinski definition) is 2. The van der Waals surface area contributed by atoms with E-state index in [1.54, 1.807) is 17.2 Å². The number of aromatic carboxylic acids is 1. The lowest BCUT2D eigenvalue weighted by atomic mass is 10.1. The van der Waals surface area contributed by atoms with Gasteiger partial charge in [0.05, 0.1) is 11.6 Å². The minimum Gasteiger partial charge on any atom is -0.478 e. The van der Waals surface area contributed by atoms with E-state index < -0.39 is 18.2 Å². The number of carboxylic acid groups (broad SMARTS) is 1. The summed E-state index contributed by atoms with van der Waals surface area (Å²) in [6.07, 6.45) is 0.537. The highest BCUT2D eigenvalue weighted by molar-refractivity contribution is 5.95. The number of rotatable bonds is 5. The number of hydrogen-bond acceptors (Lipinski definition) is 6. The summed E-state index contributed by atoms with van der Waals surface area (Å²) in [5.74, 6) is -0.295. The number of alkyl halides is 1. The molecule has 0 unspecified atom stereocenters. The Morgan fingerprint density at radius 2 is 2.04 bits per heavy atom. The molecular formula is C19H18FN3O5. The van der Waals surface area contributed by atoms with Gasteiger partial charge in [-0.25, -0.2) is 9.18 Å². The van der Waals surface area contributed by atoms with Gasteiger partial charge in [-0.15, -0.1) is 0 Å². The lowest BCUT2D eigenvalue weighted by Crippen LogP contribution is -2.39. The number of carbonyl (C=O) groups is 2. The van der Waals surface area contributed by atoms with Crippen LogP contribution in [0.2, 0.25) is 0 Å². The fraction of sp³-hybridized carbons (Fsp3) is 0.316. The van der Waals surface area contributed by atoms with E-state index in [0.717, 1.165) is 0 Å². The largest absolute Gasteiger partial charge is 0.478 e. The number of anilines is 1. The second-order valence-electron chi connectivity index (χ2n) is 6.64. The van der Waals surface area contributed by atoms with Crippen LogP contribution < -0.4 is 14.8 Å². The van der Waals surface area contributed by atoms with E-state index >= 15 is 0 Å². The first-order valence-corrected chi connectivity index (χ1v) is 8.77. The number of nitrogens with one attached hydrogen (secondary N) is 1. The zero-order valence-electron chi connectivity index (χ0n) is 14.8. The van der Waals surface area contributed by atoms with Crippen molar-refractivity contribution in [2.24, 2.45) is 0 Å². The van der Waals surface area contributed by atoms with E-state index in [-0.39, 0.29) is 37.8 Å². The van der Waals surface area contributed by atoms with Crippen LogP contribution in [0.25, 0.3) is 0 Å². The summed E-state index contributed by atoms with van der Waals surface area (Å²) in [7, 11) is 0. The topological polar surface area (TPSA) is 101 Å². The van der Waals surface area contributed by atoms with Crippen LogP contribution in [-0.4, -0.2) is 52.4 Å². The van der Waals surface area contributed by atoms with Crippen LogP contribution in [0.3, 0.4) is 0 Å². The Morgan fingerprint density at radius 1 is 1.25 bits per heavy atom. The molecule has 1 amide bonds. The van der Waals surface area contributed by atoms with Crippen molar-refractivity contribution in [3.63, 3.8) is 0 Å². The fourth-order valence-corrected chi connectivity index (χ4v) is 3.41. The molecule has 1 saturated heterocycles. The summed E-state index contributed by atoms with van der Waals surface area (Å²) < 4.78 is 24.8. The van der Waals surface area contributed by atoms with Gasteiger partial charge in [0.25, 0.3) is 0 Å². The highest BCUT2D eigenvalue weighted by Crippen LogP contribution is 2.35. The van der Waals surface area contributed by atoms with Gasteiger partial charge in [-0.2, -0.15) is 0 Å². The van der Waals surface area contributed by atoms with Gasteiger partial charge in [-0.05, 0) is 24.3 Å². The van der Waals surface area contributed by atoms with Gasteiger partial charge in [0.15, 0.2) is 11.5 Å². The predicted molar refractivity (Wildman–Crippen MR) is 96.1 cm³/mol. The van der Waals surface area contributed by atoms with Crippen molar-refractivity contribution in [1.82, 2.24) is 9.88 Å². The van der Waals surface area contributed by atoms with Gasteiger partial charge in [0.1, 0.15) is 11.9 Å². The smallest absolute Gasteiger partial charge is 0.335 e. The van der Waals surface area contributed by atoms with Crippen LogP contribution in [0.4, 0.5) is 10.1 Å². The quantitative estimate of drug-likeness (QED) is 0.810. The number of benzene rings is 1. The number of amides is 1. The predicted octanol–water partition coefficient (Wildman–Crippen LogP) is 2.06. The molecule has 2 aliphatic rings. The van der Waals surface area contributed by atoms with Crippen LogP contribution in [0, 0.1) is 0 Å². The number of halogens is 1. The molecule has 1 aromatic heterocycles. The van der Waals surface area contributed by atoms with Crippen LogP contribution in [0.5, 0.6) is 11.5 Å². The van der Waals surface area contributed by atoms with Gasteiger partial charge in [-0.1, -0.05) is 0 Å². The Balaban J connectivity index is 1.47. The molecule has 8 nitrogen and oxygen atoms in total. The molecule has 2 atom stereocenters. The number of carboxylic acids is 1. The Bertz CT molecular complexity index is 905. The molecule has 0 radical (unpaired) electrons. The average molecular weight is 387 g/mol. The summed E-state index contributed by atoms with van der Waals surface area (Å²) in [6, 6.07) is 6.83. The van der Waals surface area contributed by atoms with Crippen molar-refractivity contribution in [2.75, 3.05) is 18.7 Å². The van der Waals surface area contributed by atoms with Gasteiger partial charge >= 0.3 is 5.97 Å². The zero-order valence-corrected chi connectivity index (χ0v) is 14.8. The van der Waals surface area contributed by atoms with E-state index in [4.69, 9.17) is 14.6 Å². The van der Waals surface area contributed by atoms with Crippen molar-refractivity contribution in [3.8, 4) is 11.5 Å². The Morgan fingerprint density at radius 3 is 2.79 bits per heavy atom. The van der Waals surface area contributed by atoms with Crippen molar-refractivity contribution < 1.29 is 28.6 Å². The highest BCUT2D eigenvalue weighted by atomic mass is 19.1. The Kier molecular flexibility index (Phi) is 4.82. The van der Waals surface area contributed by atoms with Crippen molar-refractivity contribution in [1.29, 1.82) is 0 Å². The van der Waals surface area contributed by atoms with E-state index in [0.29, 0.717) is 22.9 Å². The summed E-state index contributed by atoms with van der Waals surface area (Å²) in [4.78, 5) is 29.6. The number of likely N-dealkylation sites (tertiary alicyclic amines) is 1. The van der Waals surface area contributed by atoms with Crippen molar-refractivity contribution >= 4 is 17.6 Å². The summed E-state index contributed by atoms with van der Waals surface area (Å²) in [6.45, 7) is 0.473. The van der Waals surface area contributed by atoms with E-state index in [9.17, 15) is 14.0 Å². The van der Waals surface area contributed by atoms with E-state index in [1.807, 2.05) is 0 Å². The number of aromatic nitrogens is 1. The lowest BCUT2D eigenvalue weighted by Gasteiger charge is -2.23. The molecule has 28 heavy (non-hydrogen) atoms. The maximum absolute atomic E-state index is 14.1. The Labute approximate surface area is 159 Å². The number of nitrogens with zero attached hydrogens (tertiary/aromatic N) is 2. The second kappa shape index (κ2) is 7.43. The third-order valence-electron chi connectivity index (χ3n) is 4.77. The van der Waals surface area contributed by atoms with Gasteiger partial charge in [0.2, 0.25) is 12.7 Å². The molecule has 2 aromatic rings. The number of fused-ring (bicyclic) bond motifs is 1. The molecule has 0 aliphatic carbocycles. The first-order chi connectivity index (χ1) is 13.5. The maximum Gasteiger partial charge on any atom is 0.335 e. The summed E-state index contributed by atoms with van der Waals surface area (Å²) in [5, 5.41) is 11.7. The Hall–Kier alpha value is -3.20. The minimum atomic E-state index is -1.13. The second-order valence-corrected chi connectivity index (χ2v) is 6.64. The standard InChI is InChI=1S/C19H18FN3O5/c20-12-7-15(18(24)22-13-3-1-11(2-4-13)19(25)26)23(8-12)9-14-17-16(5-6-21-14)27-10-28-17/h1-6,12,15H,7-10H2,(H,22,24)(H,25,26)/t12-,15+/m0/s1. The van der Waals surface area contributed by atoms with E-state index in [1.165, 1.54) is 24.3 Å². The normalized spacial score (nSPS) is 20.9. The number of pyridine rings is 1. The molecule has 0 bridgehead atoms. The summed E-state index contributed by atoms with van der Waals surface area (Å²) in [5.41, 5.74) is 1.16. The zero-order chi connectivity index (χ0) is 19.7. The SMILES string of the molecule is O=C(O)c1ccc(NC(=O)[C@H]2C[C@H](F)CN2Cc2nccc3c2OCO3)cc1. The first-order valence-electron chi connectivity index (χ1n) is 8.77. The monoisotopic (exact) mass is 387 g/mol. The molecule has 9 heteroatoms.